The zero-order chi connectivity index (χ0) is 19.0. The van der Waals surface area contributed by atoms with Crippen molar-refractivity contribution in [1.82, 2.24) is 0 Å². The minimum atomic E-state index is -0.415. The maximum Gasteiger partial charge on any atom is 0.310 e. The van der Waals surface area contributed by atoms with Crippen molar-refractivity contribution in [2.24, 2.45) is 11.8 Å². The molecule has 0 heterocycles. The van der Waals surface area contributed by atoms with E-state index < -0.39 is 11.8 Å². The first-order valence-electron chi connectivity index (χ1n) is 9.90. The third kappa shape index (κ3) is 9.02. The van der Waals surface area contributed by atoms with Crippen molar-refractivity contribution in [3.05, 3.63) is 37.5 Å². The second-order valence-corrected chi connectivity index (χ2v) is 6.77. The molecule has 146 valence electrons. The maximum atomic E-state index is 12.4. The standard InChI is InChI=1S/C22H34O4/c1-3-5-7-9-13-17-25-21(23)19-15-11-12-16-20(19)22(24)26-18-14-10-8-6-4-2/h3-4,11-12,19-20H,1-2,5-10,13-18H2. The number of hydrogen-bond acceptors (Lipinski definition) is 4. The van der Waals surface area contributed by atoms with E-state index in [2.05, 4.69) is 13.2 Å². The van der Waals surface area contributed by atoms with E-state index in [1.165, 1.54) is 0 Å². The van der Waals surface area contributed by atoms with E-state index in [9.17, 15) is 9.59 Å². The van der Waals surface area contributed by atoms with E-state index in [0.717, 1.165) is 51.4 Å². The third-order valence-electron chi connectivity index (χ3n) is 4.63. The summed E-state index contributed by atoms with van der Waals surface area (Å²) >= 11 is 0. The zero-order valence-corrected chi connectivity index (χ0v) is 16.0. The molecular weight excluding hydrogens is 328 g/mol. The number of hydrogen-bond donors (Lipinski definition) is 0. The van der Waals surface area contributed by atoms with Gasteiger partial charge in [-0.05, 0) is 64.2 Å². The van der Waals surface area contributed by atoms with Gasteiger partial charge in [0.2, 0.25) is 0 Å². The van der Waals surface area contributed by atoms with Gasteiger partial charge in [0.25, 0.3) is 0 Å². The van der Waals surface area contributed by atoms with E-state index in [4.69, 9.17) is 9.47 Å². The molecule has 0 spiro atoms. The van der Waals surface area contributed by atoms with Crippen molar-refractivity contribution in [1.29, 1.82) is 0 Å². The van der Waals surface area contributed by atoms with Crippen LogP contribution in [0, 0.1) is 11.8 Å². The first kappa shape index (κ1) is 22.2. The largest absolute Gasteiger partial charge is 0.465 e. The Hall–Kier alpha value is -1.84. The quantitative estimate of drug-likeness (QED) is 0.244. The summed E-state index contributed by atoms with van der Waals surface area (Å²) in [6.45, 7) is 8.22. The van der Waals surface area contributed by atoms with Gasteiger partial charge in [0.1, 0.15) is 0 Å². The Bertz CT molecular complexity index is 425. The second-order valence-electron chi connectivity index (χ2n) is 6.77. The molecule has 0 saturated carbocycles. The highest BCUT2D eigenvalue weighted by atomic mass is 16.5. The molecule has 0 aromatic heterocycles. The van der Waals surface area contributed by atoms with Crippen molar-refractivity contribution < 1.29 is 19.1 Å². The lowest BCUT2D eigenvalue weighted by Crippen LogP contribution is -2.34. The van der Waals surface area contributed by atoms with E-state index in [1.807, 2.05) is 24.3 Å². The molecule has 1 rings (SSSR count). The summed E-state index contributed by atoms with van der Waals surface area (Å²) in [5.41, 5.74) is 0. The van der Waals surface area contributed by atoms with Crippen molar-refractivity contribution in [2.45, 2.75) is 64.2 Å². The van der Waals surface area contributed by atoms with E-state index in [1.54, 1.807) is 0 Å². The van der Waals surface area contributed by atoms with Crippen LogP contribution in [0.1, 0.15) is 64.2 Å². The number of allylic oxidation sites excluding steroid dienone is 4. The van der Waals surface area contributed by atoms with E-state index >= 15 is 0 Å². The van der Waals surface area contributed by atoms with Crippen LogP contribution >= 0.6 is 0 Å². The summed E-state index contributed by atoms with van der Waals surface area (Å²) in [4.78, 5) is 24.7. The summed E-state index contributed by atoms with van der Waals surface area (Å²) in [5, 5.41) is 0. The summed E-state index contributed by atoms with van der Waals surface area (Å²) in [5.74, 6) is -1.38. The molecule has 1 aliphatic carbocycles. The first-order chi connectivity index (χ1) is 12.7. The molecule has 0 aromatic rings. The van der Waals surface area contributed by atoms with Crippen LogP contribution in [0.5, 0.6) is 0 Å². The Morgan fingerprint density at radius 1 is 0.769 bits per heavy atom. The fourth-order valence-corrected chi connectivity index (χ4v) is 3.03. The lowest BCUT2D eigenvalue weighted by molar-refractivity contribution is -0.161. The highest BCUT2D eigenvalue weighted by Gasteiger charge is 2.36. The smallest absolute Gasteiger partial charge is 0.310 e. The highest BCUT2D eigenvalue weighted by Crippen LogP contribution is 2.28. The number of unbranched alkanes of at least 4 members (excludes halogenated alkanes) is 6. The normalized spacial score (nSPS) is 18.9. The van der Waals surface area contributed by atoms with Crippen molar-refractivity contribution in [3.63, 3.8) is 0 Å². The van der Waals surface area contributed by atoms with Crippen molar-refractivity contribution >= 4 is 11.9 Å². The Kier molecular flexibility index (Phi) is 12.2. The molecule has 0 radical (unpaired) electrons. The lowest BCUT2D eigenvalue weighted by Gasteiger charge is -2.25. The minimum Gasteiger partial charge on any atom is -0.465 e. The minimum absolute atomic E-state index is 0.272. The molecule has 0 fully saturated rings. The molecule has 0 N–H and O–H groups in total. The summed E-state index contributed by atoms with van der Waals surface area (Å²) < 4.78 is 10.8. The Labute approximate surface area is 158 Å². The van der Waals surface area contributed by atoms with Crippen molar-refractivity contribution in [2.75, 3.05) is 13.2 Å². The van der Waals surface area contributed by atoms with Crippen LogP contribution in [-0.4, -0.2) is 25.2 Å². The fraction of sp³-hybridized carbons (Fsp3) is 0.636. The van der Waals surface area contributed by atoms with Gasteiger partial charge in [-0.15, -0.1) is 13.2 Å². The summed E-state index contributed by atoms with van der Waals surface area (Å²) in [6, 6.07) is 0. The van der Waals surface area contributed by atoms with Gasteiger partial charge in [0.15, 0.2) is 0 Å². The zero-order valence-electron chi connectivity index (χ0n) is 16.0. The van der Waals surface area contributed by atoms with Crippen LogP contribution in [0.2, 0.25) is 0 Å². The molecular formula is C22H34O4. The predicted octanol–water partition coefficient (Wildman–Crippen LogP) is 5.15. The molecule has 0 saturated heterocycles. The fourth-order valence-electron chi connectivity index (χ4n) is 3.03. The molecule has 4 heteroatoms. The molecule has 1 aliphatic rings. The Balaban J connectivity index is 2.32. The van der Waals surface area contributed by atoms with Crippen LogP contribution in [0.25, 0.3) is 0 Å². The van der Waals surface area contributed by atoms with Gasteiger partial charge >= 0.3 is 11.9 Å². The van der Waals surface area contributed by atoms with E-state index in [0.29, 0.717) is 26.1 Å². The third-order valence-corrected chi connectivity index (χ3v) is 4.63. The number of rotatable bonds is 14. The number of carbonyl (C=O) groups is 2. The summed E-state index contributed by atoms with van der Waals surface area (Å²) in [6.07, 6.45) is 16.6. The average molecular weight is 363 g/mol. The summed E-state index contributed by atoms with van der Waals surface area (Å²) in [7, 11) is 0. The number of carbonyl (C=O) groups excluding carboxylic acids is 2. The van der Waals surface area contributed by atoms with Crippen LogP contribution in [0.15, 0.2) is 37.5 Å². The number of ether oxygens (including phenoxy) is 2. The van der Waals surface area contributed by atoms with Gasteiger partial charge in [-0.25, -0.2) is 0 Å². The van der Waals surface area contributed by atoms with Gasteiger partial charge in [-0.1, -0.05) is 24.3 Å². The molecule has 4 nitrogen and oxygen atoms in total. The van der Waals surface area contributed by atoms with Crippen LogP contribution in [0.4, 0.5) is 0 Å². The van der Waals surface area contributed by atoms with Crippen LogP contribution in [-0.2, 0) is 19.1 Å². The monoisotopic (exact) mass is 362 g/mol. The molecule has 0 bridgehead atoms. The Morgan fingerprint density at radius 3 is 1.58 bits per heavy atom. The van der Waals surface area contributed by atoms with Crippen LogP contribution in [0.3, 0.4) is 0 Å². The molecule has 0 aliphatic heterocycles. The topological polar surface area (TPSA) is 52.6 Å². The van der Waals surface area contributed by atoms with Gasteiger partial charge in [-0.2, -0.15) is 0 Å². The molecule has 26 heavy (non-hydrogen) atoms. The van der Waals surface area contributed by atoms with Gasteiger partial charge < -0.3 is 9.47 Å². The second kappa shape index (κ2) is 14.3. The Morgan fingerprint density at radius 2 is 1.19 bits per heavy atom. The SMILES string of the molecule is C=CCCCCCOC(=O)C1CC=CCC1C(=O)OCCCCCC=C. The number of esters is 2. The molecule has 2 atom stereocenters. The highest BCUT2D eigenvalue weighted by molar-refractivity contribution is 5.82. The maximum absolute atomic E-state index is 12.4. The van der Waals surface area contributed by atoms with Gasteiger partial charge in [0.05, 0.1) is 25.0 Å². The molecule has 0 amide bonds. The van der Waals surface area contributed by atoms with E-state index in [-0.39, 0.29) is 11.9 Å². The van der Waals surface area contributed by atoms with Gasteiger partial charge in [-0.3, -0.25) is 9.59 Å². The predicted molar refractivity (Wildman–Crippen MR) is 105 cm³/mol. The molecule has 0 aromatic carbocycles. The first-order valence-corrected chi connectivity index (χ1v) is 9.90. The van der Waals surface area contributed by atoms with Crippen molar-refractivity contribution in [3.8, 4) is 0 Å². The van der Waals surface area contributed by atoms with Crippen LogP contribution < -0.4 is 0 Å². The molecule has 2 unspecified atom stereocenters. The lowest BCUT2D eigenvalue weighted by atomic mass is 9.83. The average Bonchev–Trinajstić information content (AvgIpc) is 2.67. The van der Waals surface area contributed by atoms with Gasteiger partial charge in [0, 0.05) is 0 Å².